The summed E-state index contributed by atoms with van der Waals surface area (Å²) in [5, 5.41) is 0. The van der Waals surface area contributed by atoms with E-state index in [1.165, 1.54) is 0 Å². The van der Waals surface area contributed by atoms with Gasteiger partial charge >= 0.3 is 0 Å². The Balaban J connectivity index is 2.19. The Kier molecular flexibility index (Phi) is 15.7. The molecule has 0 heterocycles. The molecule has 0 aliphatic heterocycles. The van der Waals surface area contributed by atoms with E-state index in [0.717, 1.165) is 0 Å². The number of nitrogens with two attached hydrogens (primary N) is 2. The van der Waals surface area contributed by atoms with Gasteiger partial charge in [-0.25, -0.2) is 0 Å². The molecule has 0 aliphatic carbocycles. The lowest BCUT2D eigenvalue weighted by molar-refractivity contribution is 0.0175. The van der Waals surface area contributed by atoms with Crippen molar-refractivity contribution in [2.24, 2.45) is 0 Å². The van der Waals surface area contributed by atoms with E-state index >= 15 is 0 Å². The van der Waals surface area contributed by atoms with Gasteiger partial charge in [-0.05, 0) is 0 Å². The van der Waals surface area contributed by atoms with Crippen LogP contribution in [-0.4, -0.2) is 93.5 Å². The van der Waals surface area contributed by atoms with Crippen molar-refractivity contribution in [2.75, 3.05) is 105 Å². The molecule has 0 aliphatic rings. The second-order valence-corrected chi connectivity index (χ2v) is 6.06. The Morgan fingerprint density at radius 1 is 0.567 bits per heavy atom. The van der Waals surface area contributed by atoms with E-state index in [1.54, 1.807) is 26.4 Å². The van der Waals surface area contributed by atoms with Crippen LogP contribution in [0, 0.1) is 0 Å². The topological polar surface area (TPSA) is 126 Å². The molecule has 0 unspecified atom stereocenters. The van der Waals surface area contributed by atoms with Crippen LogP contribution in [0.5, 0.6) is 11.5 Å². The largest absolute Gasteiger partial charge is 0.491 e. The van der Waals surface area contributed by atoms with Gasteiger partial charge in [0.05, 0.1) is 77.4 Å². The van der Waals surface area contributed by atoms with Gasteiger partial charge in [0.1, 0.15) is 24.7 Å². The summed E-state index contributed by atoms with van der Waals surface area (Å²) in [4.78, 5) is 0. The van der Waals surface area contributed by atoms with Crippen LogP contribution in [0.3, 0.4) is 0 Å². The molecule has 0 fully saturated rings. The van der Waals surface area contributed by atoms with Crippen LogP contribution >= 0.6 is 0 Å². The van der Waals surface area contributed by atoms with E-state index in [9.17, 15) is 0 Å². The number of hydrogen-bond acceptors (Lipinski definition) is 10. The maximum Gasteiger partial charge on any atom is 0.148 e. The molecule has 4 N–H and O–H groups in total. The molecular weight excluding hydrogens is 396 g/mol. The lowest BCUT2D eigenvalue weighted by Crippen LogP contribution is -2.13. The van der Waals surface area contributed by atoms with Gasteiger partial charge in [0.15, 0.2) is 0 Å². The highest BCUT2D eigenvalue weighted by Crippen LogP contribution is 2.33. The molecule has 0 aromatic heterocycles. The molecule has 1 rings (SSSR count). The minimum Gasteiger partial charge on any atom is -0.491 e. The van der Waals surface area contributed by atoms with E-state index < -0.39 is 0 Å². The smallest absolute Gasteiger partial charge is 0.148 e. The number of methoxy groups -OCH3 is 2. The summed E-state index contributed by atoms with van der Waals surface area (Å²) in [5.41, 5.74) is 12.7. The van der Waals surface area contributed by atoms with Gasteiger partial charge < -0.3 is 49.4 Å². The Labute approximate surface area is 178 Å². The van der Waals surface area contributed by atoms with Crippen molar-refractivity contribution in [1.82, 2.24) is 0 Å². The molecular formula is C20H36N2O8. The van der Waals surface area contributed by atoms with Crippen LogP contribution in [0.25, 0.3) is 0 Å². The van der Waals surface area contributed by atoms with Crippen LogP contribution in [0.4, 0.5) is 11.4 Å². The maximum atomic E-state index is 5.98. The summed E-state index contributed by atoms with van der Waals surface area (Å²) in [6, 6.07) is 3.36. The minimum atomic E-state index is 0.331. The molecule has 0 saturated heterocycles. The van der Waals surface area contributed by atoms with Gasteiger partial charge in [0.2, 0.25) is 0 Å². The van der Waals surface area contributed by atoms with Crippen molar-refractivity contribution < 1.29 is 37.9 Å². The predicted molar refractivity (Wildman–Crippen MR) is 113 cm³/mol. The van der Waals surface area contributed by atoms with Crippen LogP contribution in [0.2, 0.25) is 0 Å². The van der Waals surface area contributed by atoms with Crippen molar-refractivity contribution in [1.29, 1.82) is 0 Å². The molecule has 174 valence electrons. The Bertz CT molecular complexity index is 548. The van der Waals surface area contributed by atoms with Crippen LogP contribution in [0.15, 0.2) is 12.1 Å². The quantitative estimate of drug-likeness (QED) is 0.227. The van der Waals surface area contributed by atoms with E-state index in [2.05, 4.69) is 0 Å². The van der Waals surface area contributed by atoms with Gasteiger partial charge in [0, 0.05) is 26.4 Å². The zero-order chi connectivity index (χ0) is 21.9. The summed E-state index contributed by atoms with van der Waals surface area (Å²) in [6.45, 7) is 5.74. The Hall–Kier alpha value is -1.82. The van der Waals surface area contributed by atoms with Crippen LogP contribution < -0.4 is 20.9 Å². The molecule has 0 atom stereocenters. The average molecular weight is 433 g/mol. The fourth-order valence-electron chi connectivity index (χ4n) is 2.18. The highest BCUT2D eigenvalue weighted by Gasteiger charge is 2.08. The summed E-state index contributed by atoms with van der Waals surface area (Å²) in [6.07, 6.45) is 0. The summed E-state index contributed by atoms with van der Waals surface area (Å²) >= 11 is 0. The standard InChI is InChI=1S/C20H36N2O8/c1-23-3-5-25-7-9-27-11-13-29-17-15-18(21)20(22)19(16-17)30-14-12-28-10-8-26-6-4-24-2/h15-16H,3-14,21-22H2,1-2H3. The first kappa shape index (κ1) is 26.2. The SMILES string of the molecule is COCCOCCOCCOc1cc(N)c(N)c(OCCOCCOCCOC)c1. The van der Waals surface area contributed by atoms with Gasteiger partial charge in [-0.1, -0.05) is 0 Å². The third-order valence-electron chi connectivity index (χ3n) is 3.74. The van der Waals surface area contributed by atoms with Gasteiger partial charge in [-0.15, -0.1) is 0 Å². The Morgan fingerprint density at radius 2 is 1.00 bits per heavy atom. The van der Waals surface area contributed by atoms with Gasteiger partial charge in [0.25, 0.3) is 0 Å². The molecule has 30 heavy (non-hydrogen) atoms. The minimum absolute atomic E-state index is 0.331. The van der Waals surface area contributed by atoms with Crippen molar-refractivity contribution in [3.8, 4) is 11.5 Å². The number of benzene rings is 1. The third-order valence-corrected chi connectivity index (χ3v) is 3.74. The van der Waals surface area contributed by atoms with Crippen molar-refractivity contribution in [3.63, 3.8) is 0 Å². The number of ether oxygens (including phenoxy) is 8. The molecule has 10 heteroatoms. The number of nitrogen functional groups attached to an aromatic ring is 2. The first-order valence-electron chi connectivity index (χ1n) is 9.92. The van der Waals surface area contributed by atoms with E-state index in [4.69, 9.17) is 49.4 Å². The van der Waals surface area contributed by atoms with E-state index in [-0.39, 0.29) is 0 Å². The van der Waals surface area contributed by atoms with Gasteiger partial charge in [-0.2, -0.15) is 0 Å². The molecule has 0 bridgehead atoms. The lowest BCUT2D eigenvalue weighted by atomic mass is 10.2. The average Bonchev–Trinajstić information content (AvgIpc) is 2.74. The number of anilines is 2. The highest BCUT2D eigenvalue weighted by molar-refractivity contribution is 5.73. The number of rotatable bonds is 20. The monoisotopic (exact) mass is 432 g/mol. The second kappa shape index (κ2) is 18.0. The van der Waals surface area contributed by atoms with Crippen molar-refractivity contribution in [2.45, 2.75) is 0 Å². The maximum absolute atomic E-state index is 5.98. The molecule has 10 nitrogen and oxygen atoms in total. The molecule has 0 radical (unpaired) electrons. The Morgan fingerprint density at radius 3 is 1.50 bits per heavy atom. The highest BCUT2D eigenvalue weighted by atomic mass is 16.6. The van der Waals surface area contributed by atoms with E-state index in [1.807, 2.05) is 0 Å². The summed E-state index contributed by atoms with van der Waals surface area (Å²) in [7, 11) is 3.26. The molecule has 1 aromatic carbocycles. The molecule has 0 spiro atoms. The third kappa shape index (κ3) is 12.7. The predicted octanol–water partition coefficient (Wildman–Crippen LogP) is 0.968. The van der Waals surface area contributed by atoms with Crippen molar-refractivity contribution in [3.05, 3.63) is 12.1 Å². The number of hydrogen-bond donors (Lipinski definition) is 2. The second-order valence-electron chi connectivity index (χ2n) is 6.06. The summed E-state index contributed by atoms with van der Waals surface area (Å²) < 4.78 is 42.6. The fourth-order valence-corrected chi connectivity index (χ4v) is 2.18. The van der Waals surface area contributed by atoms with Gasteiger partial charge in [-0.3, -0.25) is 0 Å². The zero-order valence-electron chi connectivity index (χ0n) is 18.1. The molecule has 0 amide bonds. The van der Waals surface area contributed by atoms with E-state index in [0.29, 0.717) is 102 Å². The lowest BCUT2D eigenvalue weighted by Gasteiger charge is -2.14. The molecule has 0 saturated carbocycles. The normalized spacial score (nSPS) is 11.0. The molecule has 1 aromatic rings. The first-order chi connectivity index (χ1) is 14.7. The zero-order valence-corrected chi connectivity index (χ0v) is 18.1. The summed E-state index contributed by atoms with van der Waals surface area (Å²) in [5.74, 6) is 1.02. The van der Waals surface area contributed by atoms with Crippen LogP contribution in [-0.2, 0) is 28.4 Å². The van der Waals surface area contributed by atoms with Crippen LogP contribution in [0.1, 0.15) is 0 Å². The fraction of sp³-hybridized carbons (Fsp3) is 0.700. The first-order valence-corrected chi connectivity index (χ1v) is 9.92. The van der Waals surface area contributed by atoms with Crippen molar-refractivity contribution >= 4 is 11.4 Å².